The molecule has 2 aliphatic heterocycles. The molecule has 4 rings (SSSR count). The average molecular weight is 437 g/mol. The summed E-state index contributed by atoms with van der Waals surface area (Å²) in [7, 11) is 0. The number of halogens is 2. The van der Waals surface area contributed by atoms with Crippen molar-refractivity contribution in [1.29, 1.82) is 0 Å². The molecule has 152 valence electrons. The van der Waals surface area contributed by atoms with E-state index in [2.05, 4.69) is 0 Å². The second kappa shape index (κ2) is 6.95. The molecule has 7 nitrogen and oxygen atoms in total. The van der Waals surface area contributed by atoms with Crippen molar-refractivity contribution in [1.82, 2.24) is 0 Å². The van der Waals surface area contributed by atoms with Gasteiger partial charge in [-0.25, -0.2) is 0 Å². The molecule has 0 aliphatic carbocycles. The quantitative estimate of drug-likeness (QED) is 0.515. The van der Waals surface area contributed by atoms with Crippen LogP contribution in [0, 0.1) is 15.5 Å². The van der Waals surface area contributed by atoms with Crippen LogP contribution in [-0.4, -0.2) is 24.0 Å². The summed E-state index contributed by atoms with van der Waals surface area (Å²) in [6.07, 6.45) is 0. The molecule has 0 bridgehead atoms. The summed E-state index contributed by atoms with van der Waals surface area (Å²) in [6.45, 7) is 4.67. The Morgan fingerprint density at radius 1 is 1.10 bits per heavy atom. The Morgan fingerprint density at radius 3 is 2.41 bits per heavy atom. The summed E-state index contributed by atoms with van der Waals surface area (Å²) >= 11 is 12.1. The molecular formula is C20H18Cl2N2O5. The maximum atomic E-state index is 13.4. The summed E-state index contributed by atoms with van der Waals surface area (Å²) < 4.78 is 11.9. The molecule has 29 heavy (non-hydrogen) atoms. The van der Waals surface area contributed by atoms with Gasteiger partial charge in [0.25, 0.3) is 17.4 Å². The van der Waals surface area contributed by atoms with Crippen LogP contribution in [0.2, 0.25) is 10.0 Å². The highest BCUT2D eigenvalue weighted by Crippen LogP contribution is 2.49. The number of nitro groups is 1. The van der Waals surface area contributed by atoms with Crippen molar-refractivity contribution in [3.8, 4) is 0 Å². The monoisotopic (exact) mass is 436 g/mol. The van der Waals surface area contributed by atoms with Gasteiger partial charge in [0, 0.05) is 17.5 Å². The van der Waals surface area contributed by atoms with Gasteiger partial charge >= 0.3 is 0 Å². The predicted molar refractivity (Wildman–Crippen MR) is 108 cm³/mol. The predicted octanol–water partition coefficient (Wildman–Crippen LogP) is 4.67. The Morgan fingerprint density at radius 2 is 1.79 bits per heavy atom. The van der Waals surface area contributed by atoms with E-state index >= 15 is 0 Å². The second-order valence-electron chi connectivity index (χ2n) is 7.96. The Kier molecular flexibility index (Phi) is 4.82. The number of nitro benzene ring substituents is 1. The highest BCUT2D eigenvalue weighted by Gasteiger charge is 2.57. The maximum Gasteiger partial charge on any atom is 0.292 e. The Labute approximate surface area is 177 Å². The Balaban J connectivity index is 1.78. The van der Waals surface area contributed by atoms with Crippen LogP contribution in [0.5, 0.6) is 0 Å². The van der Waals surface area contributed by atoms with Gasteiger partial charge in [0.2, 0.25) is 0 Å². The molecule has 1 fully saturated rings. The van der Waals surface area contributed by atoms with E-state index in [0.29, 0.717) is 21.3 Å². The fourth-order valence-corrected chi connectivity index (χ4v) is 3.79. The minimum Gasteiger partial charge on any atom is -0.338 e. The third kappa shape index (κ3) is 3.38. The number of hydrogen-bond acceptors (Lipinski definition) is 5. The van der Waals surface area contributed by atoms with E-state index in [9.17, 15) is 14.9 Å². The van der Waals surface area contributed by atoms with Crippen LogP contribution >= 0.6 is 23.2 Å². The van der Waals surface area contributed by atoms with Gasteiger partial charge in [-0.1, -0.05) is 43.1 Å². The van der Waals surface area contributed by atoms with E-state index in [1.54, 1.807) is 24.3 Å². The molecule has 0 aromatic heterocycles. The first-order chi connectivity index (χ1) is 13.6. The molecule has 0 saturated carbocycles. The molecule has 2 aromatic rings. The number of rotatable bonds is 3. The molecule has 1 saturated heterocycles. The molecule has 2 heterocycles. The number of amides is 1. The van der Waals surface area contributed by atoms with Crippen molar-refractivity contribution >= 4 is 40.5 Å². The van der Waals surface area contributed by atoms with Crippen molar-refractivity contribution in [2.45, 2.75) is 26.2 Å². The SMILES string of the molecule is CC1(C)COC2(OC1)C(=O)N(Cc1ccc(Cl)c(Cl)c1)c1ccc([N+](=O)[O-])cc12. The molecule has 0 unspecified atom stereocenters. The van der Waals surface area contributed by atoms with Crippen molar-refractivity contribution in [2.75, 3.05) is 18.1 Å². The summed E-state index contributed by atoms with van der Waals surface area (Å²) in [4.78, 5) is 25.7. The lowest BCUT2D eigenvalue weighted by molar-refractivity contribution is -0.385. The van der Waals surface area contributed by atoms with Crippen LogP contribution in [0.3, 0.4) is 0 Å². The smallest absolute Gasteiger partial charge is 0.292 e. The van der Waals surface area contributed by atoms with E-state index in [-0.39, 0.29) is 30.9 Å². The van der Waals surface area contributed by atoms with Gasteiger partial charge in [-0.15, -0.1) is 0 Å². The number of hydrogen-bond donors (Lipinski definition) is 0. The molecule has 9 heteroatoms. The minimum atomic E-state index is -1.69. The first-order valence-electron chi connectivity index (χ1n) is 8.96. The van der Waals surface area contributed by atoms with E-state index in [1.807, 2.05) is 13.8 Å². The molecule has 0 radical (unpaired) electrons. The molecule has 1 amide bonds. The lowest BCUT2D eigenvalue weighted by Crippen LogP contribution is -2.51. The van der Waals surface area contributed by atoms with E-state index in [0.717, 1.165) is 5.56 Å². The highest BCUT2D eigenvalue weighted by molar-refractivity contribution is 6.42. The number of benzene rings is 2. The summed E-state index contributed by atoms with van der Waals surface area (Å²) in [5.74, 6) is -2.11. The van der Waals surface area contributed by atoms with Gasteiger partial charge in [-0.2, -0.15) is 0 Å². The third-order valence-corrected chi connectivity index (χ3v) is 5.76. The van der Waals surface area contributed by atoms with Gasteiger partial charge in [0.1, 0.15) is 0 Å². The fourth-order valence-electron chi connectivity index (χ4n) is 3.47. The molecule has 0 N–H and O–H groups in total. The third-order valence-electron chi connectivity index (χ3n) is 5.02. The summed E-state index contributed by atoms with van der Waals surface area (Å²) in [5, 5.41) is 12.1. The van der Waals surface area contributed by atoms with Crippen molar-refractivity contribution in [3.05, 3.63) is 67.7 Å². The second-order valence-corrected chi connectivity index (χ2v) is 8.77. The number of carbonyl (C=O) groups is 1. The zero-order chi connectivity index (χ0) is 21.0. The molecule has 0 atom stereocenters. The summed E-state index contributed by atoms with van der Waals surface area (Å²) in [6, 6.07) is 9.36. The van der Waals surface area contributed by atoms with E-state index < -0.39 is 16.6 Å². The zero-order valence-electron chi connectivity index (χ0n) is 15.8. The first-order valence-corrected chi connectivity index (χ1v) is 9.71. The van der Waals surface area contributed by atoms with Crippen LogP contribution < -0.4 is 4.90 Å². The number of nitrogens with zero attached hydrogens (tertiary/aromatic N) is 2. The molecular weight excluding hydrogens is 419 g/mol. The average Bonchev–Trinajstić information content (AvgIpc) is 2.89. The van der Waals surface area contributed by atoms with Crippen molar-refractivity contribution in [2.24, 2.45) is 5.41 Å². The lowest BCUT2D eigenvalue weighted by atomic mass is 9.93. The highest BCUT2D eigenvalue weighted by atomic mass is 35.5. The topological polar surface area (TPSA) is 81.9 Å². The minimum absolute atomic E-state index is 0.135. The largest absolute Gasteiger partial charge is 0.338 e. The van der Waals surface area contributed by atoms with Crippen LogP contribution in [0.15, 0.2) is 36.4 Å². The first kappa shape index (κ1) is 20.1. The Hall–Kier alpha value is -2.19. The standard InChI is InChI=1S/C20H18Cl2N2O5/c1-19(2)10-28-20(29-11-19)14-8-13(24(26)27)4-6-17(14)23(18(20)25)9-12-3-5-15(21)16(22)7-12/h3-8H,9-11H2,1-2H3. The number of carbonyl (C=O) groups excluding carboxylic acids is 1. The number of fused-ring (bicyclic) bond motifs is 2. The normalized spacial score (nSPS) is 19.4. The molecule has 2 aromatic carbocycles. The number of ether oxygens (including phenoxy) is 2. The van der Waals surface area contributed by atoms with Gasteiger partial charge < -0.3 is 14.4 Å². The van der Waals surface area contributed by atoms with Crippen LogP contribution in [0.4, 0.5) is 11.4 Å². The van der Waals surface area contributed by atoms with E-state index in [4.69, 9.17) is 32.7 Å². The van der Waals surface area contributed by atoms with Gasteiger partial charge in [-0.3, -0.25) is 14.9 Å². The number of anilines is 1. The van der Waals surface area contributed by atoms with Gasteiger partial charge in [-0.05, 0) is 23.8 Å². The van der Waals surface area contributed by atoms with E-state index in [1.165, 1.54) is 17.0 Å². The Bertz CT molecular complexity index is 1010. The van der Waals surface area contributed by atoms with Crippen molar-refractivity contribution in [3.63, 3.8) is 0 Å². The van der Waals surface area contributed by atoms with Crippen molar-refractivity contribution < 1.29 is 19.2 Å². The van der Waals surface area contributed by atoms with Crippen LogP contribution in [0.25, 0.3) is 0 Å². The zero-order valence-corrected chi connectivity index (χ0v) is 17.3. The van der Waals surface area contributed by atoms with Crippen LogP contribution in [0.1, 0.15) is 25.0 Å². The molecule has 2 aliphatic rings. The molecule has 1 spiro atoms. The van der Waals surface area contributed by atoms with Gasteiger partial charge in [0.05, 0.1) is 46.0 Å². The maximum absolute atomic E-state index is 13.4. The lowest BCUT2D eigenvalue weighted by Gasteiger charge is -2.40. The van der Waals surface area contributed by atoms with Gasteiger partial charge in [0.15, 0.2) is 0 Å². The summed E-state index contributed by atoms with van der Waals surface area (Å²) in [5.41, 5.74) is 1.19. The van der Waals surface area contributed by atoms with Crippen LogP contribution in [-0.2, 0) is 26.6 Å². The number of non-ortho nitro benzene ring substituents is 1. The fraction of sp³-hybridized carbons (Fsp3) is 0.350.